The van der Waals surface area contributed by atoms with E-state index >= 15 is 0 Å². The first-order valence-electron chi connectivity index (χ1n) is 12.4. The molecule has 36 heavy (non-hydrogen) atoms. The predicted molar refractivity (Wildman–Crippen MR) is 133 cm³/mol. The van der Waals surface area contributed by atoms with Crippen molar-refractivity contribution in [3.63, 3.8) is 0 Å². The number of pyridine rings is 1. The molecule has 3 atom stereocenters. The van der Waals surface area contributed by atoms with Gasteiger partial charge in [-0.25, -0.2) is 18.7 Å². The first-order valence-corrected chi connectivity index (χ1v) is 12.4. The minimum Gasteiger partial charge on any atom is -0.389 e. The number of nitrogens with one attached hydrogen (secondary N) is 1. The van der Waals surface area contributed by atoms with Crippen LogP contribution in [-0.4, -0.2) is 69.2 Å². The summed E-state index contributed by atoms with van der Waals surface area (Å²) in [5.41, 5.74) is 1.96. The lowest BCUT2D eigenvalue weighted by molar-refractivity contribution is -0.0136. The quantitative estimate of drug-likeness (QED) is 0.538. The fraction of sp³-hybridized carbons (Fsp3) is 0.500. The lowest BCUT2D eigenvalue weighted by atomic mass is 10.1. The largest absolute Gasteiger partial charge is 0.389 e. The summed E-state index contributed by atoms with van der Waals surface area (Å²) in [7, 11) is 0. The lowest BCUT2D eigenvalue weighted by Gasteiger charge is -2.28. The number of ether oxygens (including phenoxy) is 1. The number of benzene rings is 1. The molecule has 0 unspecified atom stereocenters. The van der Waals surface area contributed by atoms with Crippen molar-refractivity contribution in [3.8, 4) is 11.3 Å². The number of aliphatic hydroxyl groups is 1. The second kappa shape index (κ2) is 10.2. The van der Waals surface area contributed by atoms with E-state index in [1.54, 1.807) is 24.3 Å². The van der Waals surface area contributed by atoms with E-state index in [4.69, 9.17) is 4.74 Å². The minimum atomic E-state index is -0.845. The molecule has 2 N–H and O–H groups in total. The van der Waals surface area contributed by atoms with Gasteiger partial charge in [-0.1, -0.05) is 6.07 Å². The monoisotopic (exact) mass is 499 g/mol. The number of hydrogen-bond acceptors (Lipinski definition) is 7. The van der Waals surface area contributed by atoms with E-state index < -0.39 is 18.1 Å². The Labute approximate surface area is 207 Å². The van der Waals surface area contributed by atoms with Crippen LogP contribution in [0.4, 0.5) is 14.7 Å². The Morgan fingerprint density at radius 2 is 2.11 bits per heavy atom. The van der Waals surface area contributed by atoms with Crippen LogP contribution in [0.3, 0.4) is 0 Å². The molecule has 2 aliphatic heterocycles. The summed E-state index contributed by atoms with van der Waals surface area (Å²) in [6, 6.07) is 6.50. The highest BCUT2D eigenvalue weighted by Gasteiger charge is 2.26. The highest BCUT2D eigenvalue weighted by atomic mass is 19.1. The minimum absolute atomic E-state index is 0.0182. The summed E-state index contributed by atoms with van der Waals surface area (Å²) in [6.07, 6.45) is 0.628. The zero-order valence-corrected chi connectivity index (χ0v) is 20.5. The number of halogens is 2. The first kappa shape index (κ1) is 24.7. The standard InChI is InChI=1S/C26H31F2N5O3/c1-15(2)33-18(13-32-7-5-17(27)12-32)10-23(34)19-4-3-16(9-22(19)33)25-20(28)11-29-26(31-25)30-21-6-8-36-14-24(21)35/h3-4,9-11,15,17,21,24,35H,5-8,12-14H2,1-2H3,(H,29,30,31)/t17-,21-,24-/m1/s1. The van der Waals surface area contributed by atoms with Crippen molar-refractivity contribution >= 4 is 16.9 Å². The predicted octanol–water partition coefficient (Wildman–Crippen LogP) is 3.28. The zero-order valence-electron chi connectivity index (χ0n) is 20.5. The normalized spacial score (nSPS) is 23.0. The molecule has 5 rings (SSSR count). The van der Waals surface area contributed by atoms with Crippen LogP contribution in [-0.2, 0) is 11.3 Å². The van der Waals surface area contributed by atoms with Gasteiger partial charge in [0.25, 0.3) is 0 Å². The van der Waals surface area contributed by atoms with Crippen molar-refractivity contribution in [3.05, 3.63) is 52.2 Å². The molecule has 2 aliphatic rings. The van der Waals surface area contributed by atoms with E-state index in [9.17, 15) is 18.7 Å². The number of alkyl halides is 1. The molecule has 0 aliphatic carbocycles. The SMILES string of the molecule is CC(C)n1c(CN2CC[C@@H](F)C2)cc(=O)c2ccc(-c3nc(N[C@@H]4CCOC[C@H]4O)ncc3F)cc21. The Morgan fingerprint density at radius 3 is 2.83 bits per heavy atom. The maximum Gasteiger partial charge on any atom is 0.223 e. The summed E-state index contributed by atoms with van der Waals surface area (Å²) in [5.74, 6) is -0.379. The number of aromatic nitrogens is 3. The number of fused-ring (bicyclic) bond motifs is 1. The summed E-state index contributed by atoms with van der Waals surface area (Å²) in [5, 5.41) is 13.8. The number of hydrogen-bond donors (Lipinski definition) is 2. The van der Waals surface area contributed by atoms with E-state index in [1.807, 2.05) is 18.7 Å². The van der Waals surface area contributed by atoms with Crippen LogP contribution in [0.1, 0.15) is 38.4 Å². The van der Waals surface area contributed by atoms with Gasteiger partial charge >= 0.3 is 0 Å². The van der Waals surface area contributed by atoms with Gasteiger partial charge in [0.05, 0.1) is 30.5 Å². The molecule has 10 heteroatoms. The molecule has 2 fully saturated rings. The van der Waals surface area contributed by atoms with Crippen LogP contribution in [0.25, 0.3) is 22.2 Å². The second-order valence-electron chi connectivity index (χ2n) is 9.89. The van der Waals surface area contributed by atoms with Crippen LogP contribution in [0, 0.1) is 5.82 Å². The smallest absolute Gasteiger partial charge is 0.223 e. The van der Waals surface area contributed by atoms with Crippen molar-refractivity contribution in [2.75, 3.05) is 31.6 Å². The Balaban J connectivity index is 1.54. The van der Waals surface area contributed by atoms with Crippen LogP contribution in [0.2, 0.25) is 0 Å². The fourth-order valence-electron chi connectivity index (χ4n) is 5.13. The Morgan fingerprint density at radius 1 is 1.28 bits per heavy atom. The van der Waals surface area contributed by atoms with E-state index in [0.29, 0.717) is 55.5 Å². The molecule has 0 bridgehead atoms. The van der Waals surface area contributed by atoms with E-state index in [1.165, 1.54) is 0 Å². The zero-order chi connectivity index (χ0) is 25.4. The number of anilines is 1. The first-order chi connectivity index (χ1) is 17.3. The van der Waals surface area contributed by atoms with Gasteiger partial charge in [-0.15, -0.1) is 0 Å². The van der Waals surface area contributed by atoms with Crippen molar-refractivity contribution in [2.24, 2.45) is 0 Å². The van der Waals surface area contributed by atoms with Crippen LogP contribution >= 0.6 is 0 Å². The third-order valence-electron chi connectivity index (χ3n) is 6.91. The van der Waals surface area contributed by atoms with Gasteiger partial charge in [0.15, 0.2) is 11.2 Å². The second-order valence-corrected chi connectivity index (χ2v) is 9.89. The highest BCUT2D eigenvalue weighted by Crippen LogP contribution is 2.28. The van der Waals surface area contributed by atoms with E-state index in [2.05, 4.69) is 19.9 Å². The van der Waals surface area contributed by atoms with Crippen molar-refractivity contribution < 1.29 is 18.6 Å². The lowest BCUT2D eigenvalue weighted by Crippen LogP contribution is -2.42. The number of likely N-dealkylation sites (tertiary alicyclic amines) is 1. The van der Waals surface area contributed by atoms with Gasteiger partial charge < -0.3 is 19.7 Å². The maximum atomic E-state index is 14.9. The maximum absolute atomic E-state index is 14.9. The van der Waals surface area contributed by atoms with Gasteiger partial charge in [0.1, 0.15) is 11.9 Å². The number of rotatable bonds is 6. The average molecular weight is 500 g/mol. The molecule has 0 amide bonds. The molecule has 2 saturated heterocycles. The van der Waals surface area contributed by atoms with Gasteiger partial charge in [0.2, 0.25) is 5.95 Å². The summed E-state index contributed by atoms with van der Waals surface area (Å²) in [4.78, 5) is 23.5. The number of aliphatic hydroxyl groups excluding tert-OH is 1. The molecule has 1 aromatic carbocycles. The molecule has 3 aromatic rings. The molecule has 0 spiro atoms. The molecule has 0 saturated carbocycles. The third kappa shape index (κ3) is 4.98. The van der Waals surface area contributed by atoms with Crippen molar-refractivity contribution in [2.45, 2.75) is 57.6 Å². The van der Waals surface area contributed by atoms with Gasteiger partial charge in [-0.2, -0.15) is 0 Å². The van der Waals surface area contributed by atoms with Gasteiger partial charge in [-0.05, 0) is 38.8 Å². The Hall–Kier alpha value is -2.95. The molecule has 2 aromatic heterocycles. The van der Waals surface area contributed by atoms with Crippen LogP contribution in [0.15, 0.2) is 35.3 Å². The van der Waals surface area contributed by atoms with Crippen molar-refractivity contribution in [1.29, 1.82) is 0 Å². The molecule has 4 heterocycles. The molecular weight excluding hydrogens is 468 g/mol. The van der Waals surface area contributed by atoms with E-state index in [-0.39, 0.29) is 35.8 Å². The topological polar surface area (TPSA) is 92.5 Å². The van der Waals surface area contributed by atoms with Crippen LogP contribution < -0.4 is 10.7 Å². The van der Waals surface area contributed by atoms with Gasteiger partial charge in [0, 0.05) is 55.0 Å². The number of nitrogens with zero attached hydrogens (tertiary/aromatic N) is 4. The average Bonchev–Trinajstić information content (AvgIpc) is 3.25. The Bertz CT molecular complexity index is 1310. The van der Waals surface area contributed by atoms with Crippen molar-refractivity contribution in [1.82, 2.24) is 19.4 Å². The third-order valence-corrected chi connectivity index (χ3v) is 6.91. The molecule has 0 radical (unpaired) electrons. The van der Waals surface area contributed by atoms with E-state index in [0.717, 1.165) is 11.9 Å². The fourth-order valence-corrected chi connectivity index (χ4v) is 5.13. The summed E-state index contributed by atoms with van der Waals surface area (Å²) < 4.78 is 36.0. The molecular formula is C26H31F2N5O3. The summed E-state index contributed by atoms with van der Waals surface area (Å²) >= 11 is 0. The summed E-state index contributed by atoms with van der Waals surface area (Å²) in [6.45, 7) is 6.24. The highest BCUT2D eigenvalue weighted by molar-refractivity contribution is 5.84. The van der Waals surface area contributed by atoms with Crippen LogP contribution in [0.5, 0.6) is 0 Å². The molecule has 8 nitrogen and oxygen atoms in total. The Kier molecular flexibility index (Phi) is 7.00. The molecule has 192 valence electrons. The van der Waals surface area contributed by atoms with Gasteiger partial charge in [-0.3, -0.25) is 9.69 Å².